The Kier molecular flexibility index (Phi) is 6.41. The van der Waals surface area contributed by atoms with E-state index in [0.29, 0.717) is 17.5 Å². The van der Waals surface area contributed by atoms with Gasteiger partial charge >= 0.3 is 0 Å². The average molecular weight is 630 g/mol. The van der Waals surface area contributed by atoms with Gasteiger partial charge in [-0.3, -0.25) is 0 Å². The van der Waals surface area contributed by atoms with Gasteiger partial charge in [0.1, 0.15) is 11.2 Å². The van der Waals surface area contributed by atoms with Crippen LogP contribution >= 0.6 is 0 Å². The predicted molar refractivity (Wildman–Crippen MR) is 200 cm³/mol. The van der Waals surface area contributed by atoms with Crippen LogP contribution in [0.15, 0.2) is 138 Å². The summed E-state index contributed by atoms with van der Waals surface area (Å²) in [7, 11) is 0. The van der Waals surface area contributed by atoms with E-state index in [-0.39, 0.29) is 0 Å². The molecule has 2 aliphatic rings. The van der Waals surface area contributed by atoms with Gasteiger partial charge in [0.05, 0.1) is 0 Å². The third kappa shape index (κ3) is 4.63. The summed E-state index contributed by atoms with van der Waals surface area (Å²) in [5, 5.41) is 4.70. The lowest BCUT2D eigenvalue weighted by atomic mass is 9.87. The molecule has 0 atom stereocenters. The van der Waals surface area contributed by atoms with Crippen LogP contribution in [0.25, 0.3) is 78.3 Å². The Labute approximate surface area is 284 Å². The van der Waals surface area contributed by atoms with Crippen molar-refractivity contribution in [2.45, 2.75) is 25.7 Å². The molecular formula is C45H31N3O. The third-order valence-corrected chi connectivity index (χ3v) is 10.1. The maximum Gasteiger partial charge on any atom is 0.164 e. The van der Waals surface area contributed by atoms with Crippen LogP contribution in [-0.4, -0.2) is 15.0 Å². The maximum atomic E-state index is 6.26. The van der Waals surface area contributed by atoms with E-state index in [2.05, 4.69) is 109 Å². The summed E-state index contributed by atoms with van der Waals surface area (Å²) in [5.74, 6) is 1.98. The average Bonchev–Trinajstić information content (AvgIpc) is 3.56. The Morgan fingerprint density at radius 2 is 1.22 bits per heavy atom. The summed E-state index contributed by atoms with van der Waals surface area (Å²) in [6, 6.07) is 42.8. The Morgan fingerprint density at radius 1 is 0.510 bits per heavy atom. The van der Waals surface area contributed by atoms with Gasteiger partial charge < -0.3 is 4.42 Å². The van der Waals surface area contributed by atoms with Crippen LogP contribution in [0.5, 0.6) is 0 Å². The fourth-order valence-electron chi connectivity index (χ4n) is 7.76. The third-order valence-electron chi connectivity index (χ3n) is 10.1. The Bertz CT molecular complexity index is 2660. The first-order chi connectivity index (χ1) is 24.3. The second-order valence-electron chi connectivity index (χ2n) is 13.0. The van der Waals surface area contributed by atoms with Crippen LogP contribution in [0.2, 0.25) is 0 Å². The number of para-hydroxylation sites is 1. The van der Waals surface area contributed by atoms with Crippen LogP contribution in [0.3, 0.4) is 0 Å². The maximum absolute atomic E-state index is 6.26. The highest BCUT2D eigenvalue weighted by molar-refractivity contribution is 6.11. The quantitative estimate of drug-likeness (QED) is 0.194. The van der Waals surface area contributed by atoms with Crippen LogP contribution in [0.4, 0.5) is 0 Å². The smallest absolute Gasteiger partial charge is 0.164 e. The molecule has 0 aliphatic heterocycles. The first-order valence-electron chi connectivity index (χ1n) is 17.1. The highest BCUT2D eigenvalue weighted by atomic mass is 16.3. The molecule has 0 radical (unpaired) electrons. The number of benzene rings is 6. The number of furan rings is 1. The largest absolute Gasteiger partial charge is 0.456 e. The van der Waals surface area contributed by atoms with Gasteiger partial charge in [-0.25, -0.2) is 15.0 Å². The minimum atomic E-state index is 0.637. The monoisotopic (exact) mass is 629 g/mol. The van der Waals surface area contributed by atoms with Crippen molar-refractivity contribution in [3.8, 4) is 33.9 Å². The second kappa shape index (κ2) is 11.2. The van der Waals surface area contributed by atoms with E-state index in [9.17, 15) is 0 Å². The molecule has 0 saturated heterocycles. The number of allylic oxidation sites excluding steroid dienone is 2. The van der Waals surface area contributed by atoms with E-state index in [4.69, 9.17) is 19.4 Å². The van der Waals surface area contributed by atoms with Gasteiger partial charge in [-0.15, -0.1) is 0 Å². The number of rotatable bonds is 4. The van der Waals surface area contributed by atoms with E-state index in [0.717, 1.165) is 64.3 Å². The highest BCUT2D eigenvalue weighted by Gasteiger charge is 2.22. The summed E-state index contributed by atoms with van der Waals surface area (Å²) < 4.78 is 6.26. The highest BCUT2D eigenvalue weighted by Crippen LogP contribution is 2.39. The Balaban J connectivity index is 1.15. The van der Waals surface area contributed by atoms with Gasteiger partial charge in [0.25, 0.3) is 0 Å². The molecule has 6 aromatic carbocycles. The zero-order valence-electron chi connectivity index (χ0n) is 26.9. The second-order valence-corrected chi connectivity index (χ2v) is 13.0. The molecular weight excluding hydrogens is 599 g/mol. The number of aryl methyl sites for hydroxylation is 2. The number of aromatic nitrogens is 3. The van der Waals surface area contributed by atoms with Gasteiger partial charge in [-0.05, 0) is 88.0 Å². The lowest BCUT2D eigenvalue weighted by Gasteiger charge is -2.18. The molecule has 2 aromatic heterocycles. The van der Waals surface area contributed by atoms with E-state index in [1.807, 2.05) is 30.3 Å². The molecule has 0 amide bonds. The zero-order valence-corrected chi connectivity index (χ0v) is 26.9. The molecule has 232 valence electrons. The number of hydrogen-bond acceptors (Lipinski definition) is 4. The van der Waals surface area contributed by atoms with E-state index in [1.165, 1.54) is 44.2 Å². The predicted octanol–water partition coefficient (Wildman–Crippen LogP) is 11.3. The fraction of sp³-hybridized carbons (Fsp3) is 0.0889. The van der Waals surface area contributed by atoms with Gasteiger partial charge in [0, 0.05) is 27.5 Å². The standard InChI is InChI=1S/C45H31N3O/c1-3-14-32-28(11-1)13-9-19-36(32)44-46-43(47-45(48-44)38-20-10-22-41-42(38)37-18-7-8-21-40(37)49-41)30-25-23-29(24-26-30)39-27-31-12-2-4-15-33(31)34-16-5-6-17-35(34)39/h1-3,5-8,10-12,14,16-27H,4,9,13,15H2. The number of fused-ring (bicyclic) bond motifs is 7. The topological polar surface area (TPSA) is 51.8 Å². The van der Waals surface area contributed by atoms with Gasteiger partial charge in [0.15, 0.2) is 17.5 Å². The van der Waals surface area contributed by atoms with E-state index >= 15 is 0 Å². The summed E-state index contributed by atoms with van der Waals surface area (Å²) >= 11 is 0. The van der Waals surface area contributed by atoms with Crippen molar-refractivity contribution in [1.82, 2.24) is 15.0 Å². The Morgan fingerprint density at radius 3 is 2.14 bits per heavy atom. The summed E-state index contributed by atoms with van der Waals surface area (Å²) in [4.78, 5) is 15.5. The summed E-state index contributed by atoms with van der Waals surface area (Å²) in [6.07, 6.45) is 11.0. The van der Waals surface area contributed by atoms with Gasteiger partial charge in [-0.2, -0.15) is 0 Å². The van der Waals surface area contributed by atoms with Crippen molar-refractivity contribution in [2.24, 2.45) is 0 Å². The van der Waals surface area contributed by atoms with Crippen LogP contribution in [-0.2, 0) is 12.8 Å². The van der Waals surface area contributed by atoms with Crippen molar-refractivity contribution in [2.75, 3.05) is 0 Å². The first-order valence-corrected chi connectivity index (χ1v) is 17.1. The first kappa shape index (κ1) is 27.9. The molecule has 0 spiro atoms. The van der Waals surface area contributed by atoms with Crippen LogP contribution in [0, 0.1) is 0 Å². The molecule has 2 heterocycles. The molecule has 10 rings (SSSR count). The molecule has 4 nitrogen and oxygen atoms in total. The normalized spacial score (nSPS) is 13.8. The molecule has 8 aromatic rings. The van der Waals surface area contributed by atoms with Crippen molar-refractivity contribution in [3.05, 3.63) is 162 Å². The SMILES string of the molecule is C1=Cc2cc(-c3ccc(-c4nc(C5=CCCc6ccccc65)nc(-c5cccc6oc7ccccc7c56)n4)cc3)c3ccccc3c2CC1. The minimum Gasteiger partial charge on any atom is -0.456 e. The molecule has 4 heteroatoms. The van der Waals surface area contributed by atoms with Crippen LogP contribution < -0.4 is 0 Å². The molecule has 0 unspecified atom stereocenters. The molecule has 0 N–H and O–H groups in total. The van der Waals surface area contributed by atoms with Crippen molar-refractivity contribution < 1.29 is 4.42 Å². The molecule has 0 bridgehead atoms. The van der Waals surface area contributed by atoms with Crippen molar-refractivity contribution in [1.29, 1.82) is 0 Å². The van der Waals surface area contributed by atoms with Crippen molar-refractivity contribution >= 4 is 44.4 Å². The number of nitrogens with zero attached hydrogens (tertiary/aromatic N) is 3. The van der Waals surface area contributed by atoms with Crippen LogP contribution in [0.1, 0.15) is 40.9 Å². The molecule has 49 heavy (non-hydrogen) atoms. The lowest BCUT2D eigenvalue weighted by Crippen LogP contribution is -2.07. The van der Waals surface area contributed by atoms with E-state index in [1.54, 1.807) is 0 Å². The molecule has 0 saturated carbocycles. The molecule has 2 aliphatic carbocycles. The van der Waals surface area contributed by atoms with Gasteiger partial charge in [-0.1, -0.05) is 121 Å². The van der Waals surface area contributed by atoms with E-state index < -0.39 is 0 Å². The Hall–Kier alpha value is -6.13. The number of hydrogen-bond donors (Lipinski definition) is 0. The lowest BCUT2D eigenvalue weighted by molar-refractivity contribution is 0.669. The zero-order chi connectivity index (χ0) is 32.3. The molecule has 0 fully saturated rings. The van der Waals surface area contributed by atoms with Crippen molar-refractivity contribution in [3.63, 3.8) is 0 Å². The fourth-order valence-corrected chi connectivity index (χ4v) is 7.76. The summed E-state index contributed by atoms with van der Waals surface area (Å²) in [5.41, 5.74) is 12.3. The van der Waals surface area contributed by atoms with Gasteiger partial charge in [0.2, 0.25) is 0 Å². The summed E-state index contributed by atoms with van der Waals surface area (Å²) in [6.45, 7) is 0. The minimum absolute atomic E-state index is 0.637.